The second-order valence-corrected chi connectivity index (χ2v) is 9.22. The van der Waals surface area contributed by atoms with Gasteiger partial charge in [0.05, 0.1) is 14.2 Å². The van der Waals surface area contributed by atoms with Crippen molar-refractivity contribution in [1.29, 1.82) is 0 Å². The Bertz CT molecular complexity index is 1490. The average Bonchev–Trinajstić information content (AvgIpc) is 3.83. The number of amides is 2. The van der Waals surface area contributed by atoms with Crippen molar-refractivity contribution < 1.29 is 23.9 Å². The van der Waals surface area contributed by atoms with Crippen LogP contribution in [0.25, 0.3) is 17.2 Å². The average molecular weight is 542 g/mol. The van der Waals surface area contributed by atoms with Crippen molar-refractivity contribution in [3.8, 4) is 16.9 Å². The zero-order valence-corrected chi connectivity index (χ0v) is 22.6. The van der Waals surface area contributed by atoms with E-state index < -0.39 is 17.8 Å². The first-order valence-electron chi connectivity index (χ1n) is 12.7. The maximum Gasteiger partial charge on any atom is 0.357 e. The van der Waals surface area contributed by atoms with E-state index in [4.69, 9.17) is 15.2 Å². The largest absolute Gasteiger partial charge is 0.496 e. The predicted octanol–water partition coefficient (Wildman–Crippen LogP) is 3.91. The van der Waals surface area contributed by atoms with E-state index in [2.05, 4.69) is 27.2 Å². The lowest BCUT2D eigenvalue weighted by Gasteiger charge is -2.17. The van der Waals surface area contributed by atoms with Crippen LogP contribution in [0.1, 0.15) is 55.3 Å². The molecule has 1 aliphatic rings. The summed E-state index contributed by atoms with van der Waals surface area (Å²) in [4.78, 5) is 47.4. The van der Waals surface area contributed by atoms with Crippen molar-refractivity contribution in [3.05, 3.63) is 83.2 Å². The number of hydrogen-bond donors (Lipinski definition) is 3. The molecule has 0 bridgehead atoms. The molecule has 0 saturated heterocycles. The topological polar surface area (TPSA) is 145 Å². The number of hydrogen-bond acceptors (Lipinski definition) is 7. The number of aromatic nitrogens is 1. The first-order chi connectivity index (χ1) is 19.3. The van der Waals surface area contributed by atoms with Crippen molar-refractivity contribution in [3.63, 3.8) is 0 Å². The van der Waals surface area contributed by atoms with Crippen molar-refractivity contribution in [2.75, 3.05) is 33.1 Å². The van der Waals surface area contributed by atoms with Gasteiger partial charge in [0, 0.05) is 47.1 Å². The van der Waals surface area contributed by atoms with E-state index in [1.54, 1.807) is 55.6 Å². The number of methoxy groups -OCH3 is 2. The van der Waals surface area contributed by atoms with Crippen LogP contribution in [0.4, 0.5) is 5.69 Å². The standard InChI is InChI=1S/C30H31N5O5/c1-5-18-14-23(28(36)34-20-10-8-19(9-11-20)27(31)32-2)22(15-25(18)39-3)21-12-13-24(35-26(21)30(38)40-4)29(37)33-16-17-6-7-17/h5,8-15,17H,1,6-7,16H2,2-4H3,(H2,31,32)(H,33,37)(H,34,36). The van der Waals surface area contributed by atoms with Gasteiger partial charge < -0.3 is 25.8 Å². The van der Waals surface area contributed by atoms with Crippen LogP contribution in [0.5, 0.6) is 5.75 Å². The van der Waals surface area contributed by atoms with Gasteiger partial charge in [0.15, 0.2) is 5.69 Å². The van der Waals surface area contributed by atoms with Crippen LogP contribution in [-0.4, -0.2) is 56.4 Å². The summed E-state index contributed by atoms with van der Waals surface area (Å²) < 4.78 is 10.5. The zero-order valence-electron chi connectivity index (χ0n) is 22.6. The van der Waals surface area contributed by atoms with Gasteiger partial charge in [-0.05, 0) is 67.3 Å². The van der Waals surface area contributed by atoms with E-state index in [0.717, 1.165) is 18.4 Å². The quantitative estimate of drug-likeness (QED) is 0.200. The van der Waals surface area contributed by atoms with Gasteiger partial charge >= 0.3 is 5.97 Å². The Morgan fingerprint density at radius 2 is 1.80 bits per heavy atom. The Kier molecular flexibility index (Phi) is 8.58. The molecule has 10 heteroatoms. The second-order valence-electron chi connectivity index (χ2n) is 9.22. The van der Waals surface area contributed by atoms with Crippen molar-refractivity contribution in [2.45, 2.75) is 12.8 Å². The Labute approximate surface area is 232 Å². The number of pyridine rings is 1. The summed E-state index contributed by atoms with van der Waals surface area (Å²) in [6, 6.07) is 13.2. The monoisotopic (exact) mass is 541 g/mol. The molecular formula is C30H31N5O5. The number of aliphatic imine (C=N–C) groups is 1. The van der Waals surface area contributed by atoms with E-state index in [9.17, 15) is 14.4 Å². The third-order valence-corrected chi connectivity index (χ3v) is 6.56. The predicted molar refractivity (Wildman–Crippen MR) is 154 cm³/mol. The molecular weight excluding hydrogens is 510 g/mol. The van der Waals surface area contributed by atoms with Gasteiger partial charge in [-0.15, -0.1) is 0 Å². The first kappa shape index (κ1) is 28.0. The number of nitrogens with zero attached hydrogens (tertiary/aromatic N) is 2. The fraction of sp³-hybridized carbons (Fsp3) is 0.233. The highest BCUT2D eigenvalue weighted by atomic mass is 16.5. The highest BCUT2D eigenvalue weighted by molar-refractivity contribution is 6.11. The van der Waals surface area contributed by atoms with Crippen molar-refractivity contribution in [2.24, 2.45) is 16.6 Å². The molecule has 10 nitrogen and oxygen atoms in total. The zero-order chi connectivity index (χ0) is 28.8. The lowest BCUT2D eigenvalue weighted by molar-refractivity contribution is 0.0594. The maximum absolute atomic E-state index is 13.6. The second kappa shape index (κ2) is 12.2. The van der Waals surface area contributed by atoms with Crippen molar-refractivity contribution in [1.82, 2.24) is 10.3 Å². The molecule has 0 atom stereocenters. The number of benzene rings is 2. The summed E-state index contributed by atoms with van der Waals surface area (Å²) in [6.07, 6.45) is 3.73. The number of anilines is 1. The van der Waals surface area contributed by atoms with Gasteiger partial charge in [0.2, 0.25) is 0 Å². The lowest BCUT2D eigenvalue weighted by Crippen LogP contribution is -2.27. The molecule has 0 unspecified atom stereocenters. The molecule has 1 saturated carbocycles. The number of nitrogens with two attached hydrogens (primary N) is 1. The minimum absolute atomic E-state index is 0.0699. The van der Waals surface area contributed by atoms with Crippen LogP contribution >= 0.6 is 0 Å². The fourth-order valence-electron chi connectivity index (χ4n) is 4.10. The van der Waals surface area contributed by atoms with Crippen LogP contribution in [0.15, 0.2) is 60.1 Å². The Morgan fingerprint density at radius 3 is 2.40 bits per heavy atom. The lowest BCUT2D eigenvalue weighted by atomic mass is 9.94. The number of esters is 1. The number of nitrogens with one attached hydrogen (secondary N) is 2. The Hall–Kier alpha value is -4.99. The number of amidine groups is 1. The number of rotatable bonds is 10. The summed E-state index contributed by atoms with van der Waals surface area (Å²) in [5, 5.41) is 5.72. The summed E-state index contributed by atoms with van der Waals surface area (Å²) in [6.45, 7) is 4.37. The van der Waals surface area contributed by atoms with Gasteiger partial charge in [0.1, 0.15) is 17.3 Å². The summed E-state index contributed by atoms with van der Waals surface area (Å²) >= 11 is 0. The molecule has 4 rings (SSSR count). The highest BCUT2D eigenvalue weighted by Crippen LogP contribution is 2.34. The van der Waals surface area contributed by atoms with E-state index in [-0.39, 0.29) is 17.0 Å². The molecule has 40 heavy (non-hydrogen) atoms. The Morgan fingerprint density at radius 1 is 1.07 bits per heavy atom. The SMILES string of the molecule is C=Cc1cc(C(=O)Nc2ccc(/C(N)=N/C)cc2)c(-c2ccc(C(=O)NCC3CC3)nc2C(=O)OC)cc1OC. The van der Waals surface area contributed by atoms with E-state index in [1.807, 2.05) is 0 Å². The normalized spacial score (nSPS) is 12.8. The van der Waals surface area contributed by atoms with E-state index >= 15 is 0 Å². The molecule has 3 aromatic rings. The summed E-state index contributed by atoms with van der Waals surface area (Å²) in [5.74, 6) is -0.309. The van der Waals surface area contributed by atoms with Gasteiger partial charge in [-0.3, -0.25) is 14.6 Å². The minimum atomic E-state index is -0.754. The number of ether oxygens (including phenoxy) is 2. The molecule has 0 aliphatic heterocycles. The highest BCUT2D eigenvalue weighted by Gasteiger charge is 2.26. The molecule has 1 aliphatic carbocycles. The van der Waals surface area contributed by atoms with Crippen LogP contribution in [0, 0.1) is 5.92 Å². The minimum Gasteiger partial charge on any atom is -0.496 e. The van der Waals surface area contributed by atoms with E-state index in [1.165, 1.54) is 20.3 Å². The maximum atomic E-state index is 13.6. The number of carbonyl (C=O) groups is 3. The van der Waals surface area contributed by atoms with Gasteiger partial charge in [-0.25, -0.2) is 9.78 Å². The molecule has 0 radical (unpaired) electrons. The van der Waals surface area contributed by atoms with Crippen LogP contribution in [0.3, 0.4) is 0 Å². The third-order valence-electron chi connectivity index (χ3n) is 6.56. The summed E-state index contributed by atoms with van der Waals surface area (Å²) in [7, 11) is 4.31. The fourth-order valence-corrected chi connectivity index (χ4v) is 4.10. The molecule has 1 aromatic heterocycles. The van der Waals surface area contributed by atoms with Crippen LogP contribution in [0.2, 0.25) is 0 Å². The van der Waals surface area contributed by atoms with Crippen molar-refractivity contribution >= 4 is 35.4 Å². The molecule has 4 N–H and O–H groups in total. The van der Waals surface area contributed by atoms with Crippen LogP contribution in [-0.2, 0) is 4.74 Å². The molecule has 206 valence electrons. The van der Waals surface area contributed by atoms with Gasteiger partial charge in [-0.2, -0.15) is 0 Å². The van der Waals surface area contributed by atoms with E-state index in [0.29, 0.717) is 46.4 Å². The molecule has 1 fully saturated rings. The Balaban J connectivity index is 1.77. The van der Waals surface area contributed by atoms with Crippen LogP contribution < -0.4 is 21.1 Å². The number of carbonyl (C=O) groups excluding carboxylic acids is 3. The third kappa shape index (κ3) is 6.17. The summed E-state index contributed by atoms with van der Waals surface area (Å²) in [5.41, 5.74) is 8.52. The molecule has 1 heterocycles. The smallest absolute Gasteiger partial charge is 0.357 e. The first-order valence-corrected chi connectivity index (χ1v) is 12.7. The molecule has 2 amide bonds. The van der Waals surface area contributed by atoms with Gasteiger partial charge in [0.25, 0.3) is 11.8 Å². The molecule has 2 aromatic carbocycles. The molecule has 0 spiro atoms. The van der Waals surface area contributed by atoms with Gasteiger partial charge in [-0.1, -0.05) is 12.7 Å².